The van der Waals surface area contributed by atoms with Crippen molar-refractivity contribution in [2.24, 2.45) is 10.8 Å². The molecule has 0 aromatic rings. The molecule has 2 rings (SSSR count). The van der Waals surface area contributed by atoms with Gasteiger partial charge in [0, 0.05) is 19.2 Å². The molecule has 2 N–H and O–H groups in total. The maximum absolute atomic E-state index is 9.06. The topological polar surface area (TPSA) is 32.3 Å². The Kier molecular flexibility index (Phi) is 4.14. The molecule has 0 radical (unpaired) electrons. The lowest BCUT2D eigenvalue weighted by molar-refractivity contribution is 0.240. The molecule has 0 spiro atoms. The van der Waals surface area contributed by atoms with E-state index in [1.807, 2.05) is 0 Å². The van der Waals surface area contributed by atoms with Gasteiger partial charge in [0.15, 0.2) is 0 Å². The van der Waals surface area contributed by atoms with Crippen LogP contribution in [0.1, 0.15) is 65.2 Å². The fraction of sp³-hybridized carbons (Fsp3) is 1.00. The summed E-state index contributed by atoms with van der Waals surface area (Å²) in [6, 6.07) is 0.730. The second-order valence-corrected chi connectivity index (χ2v) is 7.15. The number of aliphatic hydroxyl groups is 1. The lowest BCUT2D eigenvalue weighted by Gasteiger charge is -2.23. The molecule has 2 heteroatoms. The van der Waals surface area contributed by atoms with Gasteiger partial charge < -0.3 is 10.4 Å². The van der Waals surface area contributed by atoms with Gasteiger partial charge in [0.25, 0.3) is 0 Å². The zero-order valence-corrected chi connectivity index (χ0v) is 11.6. The average molecular weight is 239 g/mol. The monoisotopic (exact) mass is 239 g/mol. The first kappa shape index (κ1) is 13.4. The van der Waals surface area contributed by atoms with Crippen LogP contribution >= 0.6 is 0 Å². The molecule has 0 amide bonds. The Hall–Kier alpha value is -0.0800. The molecule has 17 heavy (non-hydrogen) atoms. The van der Waals surface area contributed by atoms with Crippen LogP contribution < -0.4 is 5.32 Å². The first-order valence-electron chi connectivity index (χ1n) is 7.40. The van der Waals surface area contributed by atoms with Gasteiger partial charge in [0.2, 0.25) is 0 Å². The van der Waals surface area contributed by atoms with Crippen LogP contribution in [0, 0.1) is 10.8 Å². The van der Waals surface area contributed by atoms with Gasteiger partial charge in [-0.25, -0.2) is 0 Å². The highest BCUT2D eigenvalue weighted by molar-refractivity contribution is 4.95. The molecule has 0 aromatic heterocycles. The van der Waals surface area contributed by atoms with Crippen molar-refractivity contribution in [3.05, 3.63) is 0 Å². The Labute approximate surface area is 106 Å². The number of aliphatic hydroxyl groups excluding tert-OH is 1. The van der Waals surface area contributed by atoms with Crippen molar-refractivity contribution in [1.82, 2.24) is 5.32 Å². The van der Waals surface area contributed by atoms with Crippen LogP contribution in [0.4, 0.5) is 0 Å². The summed E-state index contributed by atoms with van der Waals surface area (Å²) < 4.78 is 0. The van der Waals surface area contributed by atoms with Crippen LogP contribution in [0.15, 0.2) is 0 Å². The lowest BCUT2D eigenvalue weighted by atomic mass is 9.85. The molecule has 1 atom stereocenters. The Morgan fingerprint density at radius 3 is 2.53 bits per heavy atom. The zero-order valence-electron chi connectivity index (χ0n) is 11.6. The Bertz CT molecular complexity index is 245. The van der Waals surface area contributed by atoms with Gasteiger partial charge in [-0.2, -0.15) is 0 Å². The van der Waals surface area contributed by atoms with Gasteiger partial charge in [0.05, 0.1) is 0 Å². The molecule has 2 nitrogen and oxygen atoms in total. The van der Waals surface area contributed by atoms with Gasteiger partial charge in [-0.3, -0.25) is 0 Å². The van der Waals surface area contributed by atoms with E-state index >= 15 is 0 Å². The smallest absolute Gasteiger partial charge is 0.0436 e. The third-order valence-corrected chi connectivity index (χ3v) is 4.94. The molecule has 0 aromatic carbocycles. The minimum atomic E-state index is 0.360. The van der Waals surface area contributed by atoms with E-state index in [1.165, 1.54) is 44.9 Å². The Balaban J connectivity index is 1.72. The molecule has 0 aliphatic heterocycles. The maximum Gasteiger partial charge on any atom is 0.0436 e. The Morgan fingerprint density at radius 1 is 1.12 bits per heavy atom. The molecule has 2 aliphatic rings. The van der Waals surface area contributed by atoms with Crippen LogP contribution in [0.2, 0.25) is 0 Å². The quantitative estimate of drug-likeness (QED) is 0.723. The summed E-state index contributed by atoms with van der Waals surface area (Å²) in [5.41, 5.74) is 1.02. The van der Waals surface area contributed by atoms with Crippen LogP contribution in [-0.2, 0) is 0 Å². The normalized spacial score (nSPS) is 30.9. The maximum atomic E-state index is 9.06. The summed E-state index contributed by atoms with van der Waals surface area (Å²) in [6.07, 6.45) is 10.4. The fourth-order valence-corrected chi connectivity index (χ4v) is 3.16. The first-order valence-corrected chi connectivity index (χ1v) is 7.40. The summed E-state index contributed by atoms with van der Waals surface area (Å²) in [7, 11) is 0. The highest BCUT2D eigenvalue weighted by atomic mass is 16.3. The van der Waals surface area contributed by atoms with Crippen molar-refractivity contribution >= 4 is 0 Å². The SMILES string of the molecule is CC1(C)CCCC(NCC2(CCO)CC2)CC1. The summed E-state index contributed by atoms with van der Waals surface area (Å²) >= 11 is 0. The number of nitrogens with one attached hydrogen (secondary N) is 1. The molecule has 0 heterocycles. The standard InChI is InChI=1S/C15H29NO/c1-14(2)6-3-4-13(5-7-14)16-12-15(8-9-15)10-11-17/h13,16-17H,3-12H2,1-2H3. The van der Waals surface area contributed by atoms with E-state index in [2.05, 4.69) is 19.2 Å². The largest absolute Gasteiger partial charge is 0.396 e. The van der Waals surface area contributed by atoms with E-state index in [-0.39, 0.29) is 0 Å². The van der Waals surface area contributed by atoms with Crippen molar-refractivity contribution in [2.45, 2.75) is 71.3 Å². The van der Waals surface area contributed by atoms with Crippen molar-refractivity contribution in [3.63, 3.8) is 0 Å². The van der Waals surface area contributed by atoms with E-state index in [0.29, 0.717) is 17.4 Å². The minimum absolute atomic E-state index is 0.360. The minimum Gasteiger partial charge on any atom is -0.396 e. The summed E-state index contributed by atoms with van der Waals surface area (Å²) in [5, 5.41) is 12.8. The van der Waals surface area contributed by atoms with Crippen LogP contribution in [-0.4, -0.2) is 24.3 Å². The third kappa shape index (κ3) is 3.96. The van der Waals surface area contributed by atoms with Gasteiger partial charge in [-0.15, -0.1) is 0 Å². The first-order chi connectivity index (χ1) is 8.05. The molecule has 1 unspecified atom stereocenters. The van der Waals surface area contributed by atoms with Crippen LogP contribution in [0.3, 0.4) is 0 Å². The summed E-state index contributed by atoms with van der Waals surface area (Å²) in [5.74, 6) is 0. The molecule has 0 saturated heterocycles. The molecular weight excluding hydrogens is 210 g/mol. The van der Waals surface area contributed by atoms with Crippen LogP contribution in [0.5, 0.6) is 0 Å². The van der Waals surface area contributed by atoms with E-state index in [0.717, 1.165) is 19.0 Å². The summed E-state index contributed by atoms with van der Waals surface area (Å²) in [6.45, 7) is 6.31. The molecule has 2 saturated carbocycles. The fourth-order valence-electron chi connectivity index (χ4n) is 3.16. The van der Waals surface area contributed by atoms with E-state index in [9.17, 15) is 0 Å². The number of hydrogen-bond donors (Lipinski definition) is 2. The lowest BCUT2D eigenvalue weighted by Crippen LogP contribution is -2.34. The molecule has 0 bridgehead atoms. The van der Waals surface area contributed by atoms with Crippen LogP contribution in [0.25, 0.3) is 0 Å². The van der Waals surface area contributed by atoms with Crippen molar-refractivity contribution < 1.29 is 5.11 Å². The average Bonchev–Trinajstić information content (AvgIpc) is 3.03. The molecule has 2 aliphatic carbocycles. The predicted octanol–water partition coefficient (Wildman–Crippen LogP) is 3.10. The van der Waals surface area contributed by atoms with E-state index in [4.69, 9.17) is 5.11 Å². The van der Waals surface area contributed by atoms with Crippen molar-refractivity contribution in [1.29, 1.82) is 0 Å². The summed E-state index contributed by atoms with van der Waals surface area (Å²) in [4.78, 5) is 0. The molecule has 100 valence electrons. The zero-order chi connectivity index (χ0) is 12.4. The predicted molar refractivity (Wildman–Crippen MR) is 72.0 cm³/mol. The number of rotatable bonds is 5. The highest BCUT2D eigenvalue weighted by Gasteiger charge is 2.41. The van der Waals surface area contributed by atoms with E-state index in [1.54, 1.807) is 0 Å². The molecular formula is C15H29NO. The molecule has 2 fully saturated rings. The van der Waals surface area contributed by atoms with Crippen molar-refractivity contribution in [3.8, 4) is 0 Å². The second kappa shape index (κ2) is 5.27. The van der Waals surface area contributed by atoms with Gasteiger partial charge in [-0.1, -0.05) is 20.3 Å². The Morgan fingerprint density at radius 2 is 1.88 bits per heavy atom. The van der Waals surface area contributed by atoms with Gasteiger partial charge in [0.1, 0.15) is 0 Å². The third-order valence-electron chi connectivity index (χ3n) is 4.94. The number of hydrogen-bond acceptors (Lipinski definition) is 2. The second-order valence-electron chi connectivity index (χ2n) is 7.15. The van der Waals surface area contributed by atoms with Crippen molar-refractivity contribution in [2.75, 3.05) is 13.2 Å². The van der Waals surface area contributed by atoms with Gasteiger partial charge >= 0.3 is 0 Å². The van der Waals surface area contributed by atoms with E-state index < -0.39 is 0 Å². The van der Waals surface area contributed by atoms with Gasteiger partial charge in [-0.05, 0) is 55.8 Å². The highest BCUT2D eigenvalue weighted by Crippen LogP contribution is 2.48.